The van der Waals surface area contributed by atoms with E-state index in [1.54, 1.807) is 18.5 Å². The van der Waals surface area contributed by atoms with Crippen LogP contribution in [0.15, 0.2) is 35.4 Å². The Morgan fingerprint density at radius 1 is 1.21 bits per heavy atom. The van der Waals surface area contributed by atoms with Gasteiger partial charge >= 0.3 is 0 Å². The van der Waals surface area contributed by atoms with E-state index in [9.17, 15) is 4.79 Å². The van der Waals surface area contributed by atoms with Crippen LogP contribution >= 0.6 is 0 Å². The van der Waals surface area contributed by atoms with E-state index in [-0.39, 0.29) is 5.56 Å². The highest BCUT2D eigenvalue weighted by Crippen LogP contribution is 2.33. The Labute approximate surface area is 145 Å². The quantitative estimate of drug-likeness (QED) is 0.923. The molecular weight excluding hydrogens is 298 g/mol. The Morgan fingerprint density at radius 2 is 1.92 bits per heavy atom. The molecule has 0 amide bonds. The van der Waals surface area contributed by atoms with Crippen LogP contribution in [0.2, 0.25) is 0 Å². The Bertz CT molecular complexity index is 687. The van der Waals surface area contributed by atoms with E-state index >= 15 is 0 Å². The fourth-order valence-electron chi connectivity index (χ4n) is 3.31. The first-order valence-corrected chi connectivity index (χ1v) is 9.24. The Morgan fingerprint density at radius 3 is 2.62 bits per heavy atom. The maximum absolute atomic E-state index is 12.1. The number of hydrogen-bond donors (Lipinski definition) is 1. The third-order valence-electron chi connectivity index (χ3n) is 4.77. The molecule has 0 bridgehead atoms. The first kappa shape index (κ1) is 18.7. The van der Waals surface area contributed by atoms with Gasteiger partial charge in [-0.05, 0) is 56.3 Å². The molecule has 0 spiro atoms. The van der Waals surface area contributed by atoms with Gasteiger partial charge in [0, 0.05) is 24.2 Å². The topological polar surface area (TPSA) is 46.9 Å². The number of nitrogens with zero attached hydrogens (tertiary/aromatic N) is 2. The molecule has 0 unspecified atom stereocenters. The van der Waals surface area contributed by atoms with Gasteiger partial charge in [0.25, 0.3) is 5.56 Å². The molecule has 0 atom stereocenters. The van der Waals surface area contributed by atoms with Crippen LogP contribution in [-0.4, -0.2) is 22.6 Å². The van der Waals surface area contributed by atoms with E-state index < -0.39 is 0 Å². The lowest BCUT2D eigenvalue weighted by Gasteiger charge is -2.34. The molecule has 4 heteroatoms. The third kappa shape index (κ3) is 4.91. The Hall–Kier alpha value is -1.68. The predicted octanol–water partition coefficient (Wildman–Crippen LogP) is 3.98. The second-order valence-electron chi connectivity index (χ2n) is 7.13. The highest BCUT2D eigenvalue weighted by atomic mass is 16.1. The van der Waals surface area contributed by atoms with Crippen LogP contribution in [0.4, 0.5) is 0 Å². The molecule has 1 N–H and O–H groups in total. The molecule has 2 aromatic heterocycles. The number of piperidine rings is 1. The zero-order valence-electron chi connectivity index (χ0n) is 15.3. The van der Waals surface area contributed by atoms with E-state index in [1.807, 2.05) is 16.7 Å². The number of rotatable bonds is 4. The first-order chi connectivity index (χ1) is 11.6. The van der Waals surface area contributed by atoms with E-state index in [1.165, 1.54) is 25.7 Å². The molecule has 4 nitrogen and oxygen atoms in total. The minimum atomic E-state index is 0.0750. The summed E-state index contributed by atoms with van der Waals surface area (Å²) in [6.07, 6.45) is 9.51. The zero-order valence-corrected chi connectivity index (χ0v) is 15.3. The minimum absolute atomic E-state index is 0.0750. The molecule has 2 aromatic rings. The van der Waals surface area contributed by atoms with Crippen molar-refractivity contribution in [2.75, 3.05) is 13.1 Å². The smallest absolute Gasteiger partial charge is 0.251 e. The van der Waals surface area contributed by atoms with Gasteiger partial charge in [-0.25, -0.2) is 0 Å². The van der Waals surface area contributed by atoms with Crippen molar-refractivity contribution in [3.63, 3.8) is 0 Å². The Balaban J connectivity index is 0.000000647. The molecular formula is C20H31N3O. The van der Waals surface area contributed by atoms with E-state index in [4.69, 9.17) is 0 Å². The van der Waals surface area contributed by atoms with Gasteiger partial charge < -0.3 is 9.88 Å². The van der Waals surface area contributed by atoms with Crippen molar-refractivity contribution in [1.82, 2.24) is 14.9 Å². The molecule has 1 fully saturated rings. The number of pyridine rings is 2. The van der Waals surface area contributed by atoms with E-state index in [2.05, 4.69) is 31.1 Å². The summed E-state index contributed by atoms with van der Waals surface area (Å²) in [6, 6.07) is 5.50. The average Bonchev–Trinajstić information content (AvgIpc) is 2.58. The second kappa shape index (κ2) is 8.97. The molecule has 24 heavy (non-hydrogen) atoms. The van der Waals surface area contributed by atoms with Crippen molar-refractivity contribution in [2.24, 2.45) is 5.41 Å². The fourth-order valence-corrected chi connectivity index (χ4v) is 3.31. The minimum Gasteiger partial charge on any atom is -0.317 e. The summed E-state index contributed by atoms with van der Waals surface area (Å²) in [6.45, 7) is 9.65. The maximum Gasteiger partial charge on any atom is 0.251 e. The van der Waals surface area contributed by atoms with Crippen LogP contribution in [0.1, 0.15) is 52.9 Å². The van der Waals surface area contributed by atoms with Gasteiger partial charge in [-0.2, -0.15) is 0 Å². The molecule has 3 rings (SSSR count). The van der Waals surface area contributed by atoms with E-state index in [0.717, 1.165) is 37.0 Å². The summed E-state index contributed by atoms with van der Waals surface area (Å²) < 4.78 is 1.87. The van der Waals surface area contributed by atoms with Crippen molar-refractivity contribution >= 4 is 10.9 Å². The summed E-state index contributed by atoms with van der Waals surface area (Å²) in [7, 11) is 0. The summed E-state index contributed by atoms with van der Waals surface area (Å²) >= 11 is 0. The largest absolute Gasteiger partial charge is 0.317 e. The predicted molar refractivity (Wildman–Crippen MR) is 101 cm³/mol. The van der Waals surface area contributed by atoms with Gasteiger partial charge in [0.15, 0.2) is 0 Å². The van der Waals surface area contributed by atoms with Crippen molar-refractivity contribution < 1.29 is 0 Å². The van der Waals surface area contributed by atoms with Gasteiger partial charge in [-0.15, -0.1) is 0 Å². The molecule has 0 aromatic carbocycles. The SMILES string of the molecule is CC1(CCCn2c(=O)ccc3ccncc32)CCNCC1.CCC. The van der Waals surface area contributed by atoms with Gasteiger partial charge in [0.05, 0.1) is 11.7 Å². The van der Waals surface area contributed by atoms with Crippen molar-refractivity contribution in [1.29, 1.82) is 0 Å². The van der Waals surface area contributed by atoms with Crippen molar-refractivity contribution in [2.45, 2.75) is 59.4 Å². The molecule has 0 aliphatic carbocycles. The number of aromatic nitrogens is 2. The van der Waals surface area contributed by atoms with Gasteiger partial charge in [-0.1, -0.05) is 27.2 Å². The molecule has 1 aliphatic rings. The number of nitrogens with one attached hydrogen (secondary N) is 1. The summed E-state index contributed by atoms with van der Waals surface area (Å²) in [5, 5.41) is 4.50. The summed E-state index contributed by atoms with van der Waals surface area (Å²) in [5.74, 6) is 0. The molecule has 0 radical (unpaired) electrons. The van der Waals surface area contributed by atoms with Crippen molar-refractivity contribution in [3.05, 3.63) is 40.9 Å². The lowest BCUT2D eigenvalue weighted by Crippen LogP contribution is -2.35. The molecule has 3 heterocycles. The number of fused-ring (bicyclic) bond motifs is 1. The number of hydrogen-bond acceptors (Lipinski definition) is 3. The van der Waals surface area contributed by atoms with Crippen LogP contribution in [0.3, 0.4) is 0 Å². The molecule has 1 saturated heterocycles. The number of aryl methyl sites for hydroxylation is 1. The van der Waals surface area contributed by atoms with Crippen LogP contribution in [0.25, 0.3) is 10.9 Å². The highest BCUT2D eigenvalue weighted by molar-refractivity contribution is 5.77. The van der Waals surface area contributed by atoms with Crippen LogP contribution < -0.4 is 10.9 Å². The lowest BCUT2D eigenvalue weighted by molar-refractivity contribution is 0.203. The zero-order chi connectivity index (χ0) is 17.4. The monoisotopic (exact) mass is 329 g/mol. The van der Waals surface area contributed by atoms with Crippen LogP contribution in [-0.2, 0) is 6.54 Å². The van der Waals surface area contributed by atoms with E-state index in [0.29, 0.717) is 5.41 Å². The molecule has 132 valence electrons. The average molecular weight is 329 g/mol. The standard InChI is InChI=1S/C17H23N3O.C3H8/c1-17(7-10-18-11-8-17)6-2-12-20-15-13-19-9-5-14(15)3-4-16(20)21;1-3-2/h3-5,9,13,18H,2,6-8,10-12H2,1H3;3H2,1-2H3. The van der Waals surface area contributed by atoms with Gasteiger partial charge in [0.2, 0.25) is 0 Å². The summed E-state index contributed by atoms with van der Waals surface area (Å²) in [5.41, 5.74) is 1.45. The van der Waals surface area contributed by atoms with Gasteiger partial charge in [0.1, 0.15) is 0 Å². The first-order valence-electron chi connectivity index (χ1n) is 9.24. The lowest BCUT2D eigenvalue weighted by atomic mass is 9.77. The molecule has 1 aliphatic heterocycles. The van der Waals surface area contributed by atoms with Crippen molar-refractivity contribution in [3.8, 4) is 0 Å². The fraction of sp³-hybridized carbons (Fsp3) is 0.600. The maximum atomic E-state index is 12.1. The summed E-state index contributed by atoms with van der Waals surface area (Å²) in [4.78, 5) is 16.3. The second-order valence-corrected chi connectivity index (χ2v) is 7.13. The Kier molecular flexibility index (Phi) is 6.98. The molecule has 0 saturated carbocycles. The normalized spacial score (nSPS) is 16.5. The highest BCUT2D eigenvalue weighted by Gasteiger charge is 2.25. The third-order valence-corrected chi connectivity index (χ3v) is 4.77. The van der Waals surface area contributed by atoms with Gasteiger partial charge in [-0.3, -0.25) is 9.78 Å². The van der Waals surface area contributed by atoms with Crippen LogP contribution in [0, 0.1) is 5.41 Å². The van der Waals surface area contributed by atoms with Crippen LogP contribution in [0.5, 0.6) is 0 Å².